The minimum Gasteiger partial charge on any atom is -0.481 e. The lowest BCUT2D eigenvalue weighted by molar-refractivity contribution is 0.0484. The first-order valence-corrected chi connectivity index (χ1v) is 34.5. The lowest BCUT2D eigenvalue weighted by atomic mass is 10.0. The van der Waals surface area contributed by atoms with E-state index in [1.165, 1.54) is 39.9 Å². The Kier molecular flexibility index (Phi) is 27.4. The summed E-state index contributed by atoms with van der Waals surface area (Å²) in [5.41, 5.74) is 10.3. The van der Waals surface area contributed by atoms with E-state index < -0.39 is 46.4 Å². The molecule has 102 heavy (non-hydrogen) atoms. The fourth-order valence-electron chi connectivity index (χ4n) is 11.4. The van der Waals surface area contributed by atoms with Gasteiger partial charge in [0, 0.05) is 87.7 Å². The van der Waals surface area contributed by atoms with Crippen LogP contribution in [-0.4, -0.2) is 180 Å². The summed E-state index contributed by atoms with van der Waals surface area (Å²) in [6.45, 7) is 22.4. The molecule has 0 spiro atoms. The molecular weight excluding hydrogens is 1390 g/mol. The molecule has 0 unspecified atom stereocenters. The third kappa shape index (κ3) is 22.6. The van der Waals surface area contributed by atoms with Gasteiger partial charge in [-0.15, -0.1) is 0 Å². The van der Waals surface area contributed by atoms with E-state index in [4.69, 9.17) is 38.9 Å². The van der Waals surface area contributed by atoms with E-state index >= 15 is 0 Å². The number of amides is 3. The molecule has 3 amide bonds. The van der Waals surface area contributed by atoms with Crippen molar-refractivity contribution in [2.75, 3.05) is 95.5 Å². The molecule has 0 radical (unpaired) electrons. The van der Waals surface area contributed by atoms with Crippen molar-refractivity contribution in [3.05, 3.63) is 101 Å². The highest BCUT2D eigenvalue weighted by Crippen LogP contribution is 2.35. The summed E-state index contributed by atoms with van der Waals surface area (Å²) in [5, 5.41) is 11.9. The minimum atomic E-state index is -0.533. The number of aromatic nitrogens is 8. The standard InChI is InChI=1S/2C19H25FN4O3.C14H17FN4O.C10H20N2O2.C9H6BrFN2O/c2*1-19(2,3)27-18(25)22-12-7-9-24(10-8-12)17-13(20)11-21-14-5-6-15(26-4)23-16(14)17;1-20-12-3-2-11-13(18-12)14(10(15)8-17-11)19-6-4-9(16)5-7-19;1-10(2,3)14-9(13)12-8-4-6-11-7-5-8;1-14-7-3-2-6-9(13-7)8(10)5(11)4-12-6/h2*5-6,11-12H,7-10H2,1-4H3,(H,22,25);2-3,8-9H,4-7,16H2,1H3;8,11H,4-7H2,1-3H3,(H,12,13);2-4H,1H3. The van der Waals surface area contributed by atoms with E-state index in [-0.39, 0.29) is 36.1 Å². The predicted molar refractivity (Wildman–Crippen MR) is 386 cm³/mol. The van der Waals surface area contributed by atoms with Gasteiger partial charge in [0.2, 0.25) is 23.5 Å². The Morgan fingerprint density at radius 2 is 0.696 bits per heavy atom. The number of nitrogens with one attached hydrogen (secondary N) is 4. The van der Waals surface area contributed by atoms with Crippen molar-refractivity contribution in [2.24, 2.45) is 5.73 Å². The van der Waals surface area contributed by atoms with Crippen LogP contribution in [0.15, 0.2) is 77.8 Å². The molecule has 4 aliphatic rings. The number of piperidine rings is 4. The van der Waals surface area contributed by atoms with Gasteiger partial charge in [0.05, 0.1) is 79.8 Å². The quantitative estimate of drug-likeness (QED) is 0.0627. The second kappa shape index (κ2) is 35.6. The van der Waals surface area contributed by atoms with Gasteiger partial charge in [0.1, 0.15) is 55.9 Å². The number of nitrogens with two attached hydrogens (primary N) is 1. The van der Waals surface area contributed by atoms with Crippen LogP contribution in [0, 0.1) is 23.3 Å². The fourth-order valence-corrected chi connectivity index (χ4v) is 11.8. The van der Waals surface area contributed by atoms with Crippen molar-refractivity contribution in [3.8, 4) is 23.5 Å². The number of nitrogens with zero attached hydrogens (tertiary/aromatic N) is 11. The number of halogens is 5. The van der Waals surface area contributed by atoms with E-state index in [0.29, 0.717) is 141 Å². The Morgan fingerprint density at radius 3 is 0.990 bits per heavy atom. The van der Waals surface area contributed by atoms with Crippen molar-refractivity contribution in [1.29, 1.82) is 0 Å². The molecule has 4 saturated heterocycles. The lowest BCUT2D eigenvalue weighted by Gasteiger charge is -2.34. The van der Waals surface area contributed by atoms with Gasteiger partial charge >= 0.3 is 18.3 Å². The summed E-state index contributed by atoms with van der Waals surface area (Å²) in [6, 6.07) is 14.3. The van der Waals surface area contributed by atoms with Gasteiger partial charge in [-0.3, -0.25) is 19.9 Å². The Hall–Kier alpha value is -9.23. The number of pyridine rings is 8. The summed E-state index contributed by atoms with van der Waals surface area (Å²) < 4.78 is 92.9. The number of hydrogen-bond donors (Lipinski definition) is 5. The van der Waals surface area contributed by atoms with Crippen LogP contribution >= 0.6 is 15.9 Å². The van der Waals surface area contributed by atoms with Crippen LogP contribution in [0.2, 0.25) is 0 Å². The molecule has 26 nitrogen and oxygen atoms in total. The summed E-state index contributed by atoms with van der Waals surface area (Å²) in [4.78, 5) is 74.5. The Labute approximate surface area is 599 Å². The first-order valence-electron chi connectivity index (χ1n) is 33.7. The zero-order valence-electron chi connectivity index (χ0n) is 60.0. The number of anilines is 3. The van der Waals surface area contributed by atoms with Gasteiger partial charge < -0.3 is 74.9 Å². The van der Waals surface area contributed by atoms with Crippen LogP contribution in [0.4, 0.5) is 49.0 Å². The average Bonchev–Trinajstić information content (AvgIpc) is 0.795. The lowest BCUT2D eigenvalue weighted by Crippen LogP contribution is -2.46. The molecule has 0 aromatic carbocycles. The van der Waals surface area contributed by atoms with Gasteiger partial charge in [-0.05, 0) is 167 Å². The second-order valence-electron chi connectivity index (χ2n) is 27.5. The predicted octanol–water partition coefficient (Wildman–Crippen LogP) is 12.1. The summed E-state index contributed by atoms with van der Waals surface area (Å²) >= 11 is 3.11. The smallest absolute Gasteiger partial charge is 0.407 e. The number of alkyl carbamates (subject to hydrolysis) is 3. The summed E-state index contributed by atoms with van der Waals surface area (Å²) in [5.74, 6) is 0.108. The van der Waals surface area contributed by atoms with Crippen LogP contribution in [0.25, 0.3) is 44.1 Å². The van der Waals surface area contributed by atoms with Crippen LogP contribution in [0.3, 0.4) is 0 Å². The van der Waals surface area contributed by atoms with Crippen LogP contribution in [-0.2, 0) is 14.2 Å². The van der Waals surface area contributed by atoms with E-state index in [2.05, 4.69) is 77.1 Å². The highest BCUT2D eigenvalue weighted by atomic mass is 79.9. The molecule has 8 aromatic heterocycles. The van der Waals surface area contributed by atoms with Gasteiger partial charge in [0.25, 0.3) is 0 Å². The molecule has 12 heterocycles. The van der Waals surface area contributed by atoms with Crippen LogP contribution in [0.5, 0.6) is 23.5 Å². The van der Waals surface area contributed by atoms with Gasteiger partial charge in [-0.2, -0.15) is 0 Å². The molecule has 8 aromatic rings. The molecule has 0 bridgehead atoms. The molecule has 12 rings (SSSR count). The second-order valence-corrected chi connectivity index (χ2v) is 28.3. The van der Waals surface area contributed by atoms with Gasteiger partial charge in [-0.1, -0.05) is 0 Å². The maximum Gasteiger partial charge on any atom is 0.407 e. The summed E-state index contributed by atoms with van der Waals surface area (Å²) in [7, 11) is 6.10. The fraction of sp³-hybridized carbons (Fsp3) is 0.507. The highest BCUT2D eigenvalue weighted by molar-refractivity contribution is 9.10. The number of hydrogen-bond acceptors (Lipinski definition) is 23. The van der Waals surface area contributed by atoms with Crippen LogP contribution in [0.1, 0.15) is 114 Å². The van der Waals surface area contributed by atoms with Crippen molar-refractivity contribution >= 4 is 95.4 Å². The first kappa shape index (κ1) is 78.5. The maximum atomic E-state index is 14.6. The third-order valence-corrected chi connectivity index (χ3v) is 17.0. The Bertz CT molecular complexity index is 4000. The van der Waals surface area contributed by atoms with Crippen molar-refractivity contribution in [2.45, 2.75) is 155 Å². The molecule has 0 atom stereocenters. The van der Waals surface area contributed by atoms with E-state index in [1.807, 2.05) is 77.0 Å². The number of ether oxygens (including phenoxy) is 7. The topological polar surface area (TPSA) is 303 Å². The first-order chi connectivity index (χ1) is 48.4. The average molecular weight is 1490 g/mol. The Morgan fingerprint density at radius 1 is 0.431 bits per heavy atom. The number of carbonyl (C=O) groups excluding carboxylic acids is 3. The molecule has 6 N–H and O–H groups in total. The molecule has 0 aliphatic carbocycles. The van der Waals surface area contributed by atoms with Gasteiger partial charge in [-0.25, -0.2) is 51.9 Å². The van der Waals surface area contributed by atoms with Crippen molar-refractivity contribution in [3.63, 3.8) is 0 Å². The molecule has 0 saturated carbocycles. The number of methoxy groups -OCH3 is 4. The minimum absolute atomic E-state index is 0.00485. The SMILES string of the molecule is CC(C)(C)OC(=O)NC1CCNCC1.COc1ccc2ncc(F)c(Br)c2n1.COc1ccc2ncc(F)c(N3CCC(N)CC3)c2n1.COc1ccc2ncc(F)c(N3CCC(NC(=O)OC(C)(C)C)CC3)c2n1.COc1ccc2ncc(F)c(N3CCC(NC(=O)OC(C)(C)C)CC3)c2n1. The number of fused-ring (bicyclic) bond motifs is 4. The van der Waals surface area contributed by atoms with Crippen molar-refractivity contribution < 1.29 is 65.1 Å². The third-order valence-electron chi connectivity index (χ3n) is 16.2. The van der Waals surface area contributed by atoms with E-state index in [1.54, 1.807) is 55.6 Å². The summed E-state index contributed by atoms with van der Waals surface area (Å²) in [6.07, 6.45) is 10.1. The van der Waals surface area contributed by atoms with Crippen molar-refractivity contribution in [1.82, 2.24) is 61.1 Å². The zero-order valence-corrected chi connectivity index (χ0v) is 61.6. The largest absolute Gasteiger partial charge is 0.481 e. The molecular formula is C71H93BrF4N16O10. The van der Waals surface area contributed by atoms with E-state index in [0.717, 1.165) is 58.1 Å². The van der Waals surface area contributed by atoms with E-state index in [9.17, 15) is 31.9 Å². The molecule has 552 valence electrons. The zero-order chi connectivity index (χ0) is 74.1. The molecule has 4 aliphatic heterocycles. The van der Waals surface area contributed by atoms with Gasteiger partial charge in [0.15, 0.2) is 23.3 Å². The molecule has 4 fully saturated rings. The van der Waals surface area contributed by atoms with Crippen LogP contribution < -0.4 is 60.6 Å². The normalized spacial score (nSPS) is 15.6. The Balaban J connectivity index is 0.000000166. The maximum absolute atomic E-state index is 14.6. The monoisotopic (exact) mass is 1480 g/mol. The molecule has 31 heteroatoms. The number of carbonyl (C=O) groups is 3. The highest BCUT2D eigenvalue weighted by Gasteiger charge is 2.30. The number of rotatable bonds is 10.